The Morgan fingerprint density at radius 3 is 2.55 bits per heavy atom. The molecule has 2 aromatic carbocycles. The highest BCUT2D eigenvalue weighted by Crippen LogP contribution is 2.19. The first-order valence-corrected chi connectivity index (χ1v) is 6.77. The van der Waals surface area contributed by atoms with Crippen LogP contribution in [-0.4, -0.2) is 25.1 Å². The van der Waals surface area contributed by atoms with Crippen LogP contribution in [-0.2, 0) is 6.54 Å². The second kappa shape index (κ2) is 5.90. The first kappa shape index (κ1) is 14.2. The number of nitrogens with zero attached hydrogens (tertiary/aromatic N) is 5. The number of non-ortho nitro benzene ring substituents is 1. The maximum atomic E-state index is 10.6. The standard InChI is InChI=1S/C14H10ClN5O2/c15-13-4-2-1-3-11(13)9-19-17-14(16-18-19)10-5-7-12(8-6-10)20(21)22/h1-8H,9H2. The molecule has 0 unspecified atom stereocenters. The number of nitro groups is 1. The van der Waals surface area contributed by atoms with Crippen molar-refractivity contribution < 1.29 is 4.92 Å². The topological polar surface area (TPSA) is 86.7 Å². The predicted molar refractivity (Wildman–Crippen MR) is 80.5 cm³/mol. The fourth-order valence-corrected chi connectivity index (χ4v) is 2.13. The second-order valence-corrected chi connectivity index (χ2v) is 4.95. The largest absolute Gasteiger partial charge is 0.269 e. The first-order chi connectivity index (χ1) is 10.6. The third kappa shape index (κ3) is 2.94. The maximum Gasteiger partial charge on any atom is 0.269 e. The van der Waals surface area contributed by atoms with Crippen LogP contribution >= 0.6 is 11.6 Å². The van der Waals surface area contributed by atoms with Gasteiger partial charge >= 0.3 is 0 Å². The highest BCUT2D eigenvalue weighted by molar-refractivity contribution is 6.31. The van der Waals surface area contributed by atoms with E-state index in [-0.39, 0.29) is 5.69 Å². The van der Waals surface area contributed by atoms with Gasteiger partial charge in [0.2, 0.25) is 5.82 Å². The highest BCUT2D eigenvalue weighted by Gasteiger charge is 2.10. The molecule has 22 heavy (non-hydrogen) atoms. The molecule has 0 atom stereocenters. The van der Waals surface area contributed by atoms with Gasteiger partial charge in [0.25, 0.3) is 5.69 Å². The number of nitro benzene ring substituents is 1. The number of aromatic nitrogens is 4. The molecule has 0 aliphatic rings. The Morgan fingerprint density at radius 1 is 1.14 bits per heavy atom. The van der Waals surface area contributed by atoms with Gasteiger partial charge in [-0.2, -0.15) is 4.80 Å². The molecule has 7 nitrogen and oxygen atoms in total. The van der Waals surface area contributed by atoms with Crippen molar-refractivity contribution in [3.63, 3.8) is 0 Å². The SMILES string of the molecule is O=[N+]([O-])c1ccc(-c2nnn(Cc3ccccc3Cl)n2)cc1. The molecule has 0 saturated carbocycles. The highest BCUT2D eigenvalue weighted by atomic mass is 35.5. The second-order valence-electron chi connectivity index (χ2n) is 4.54. The van der Waals surface area contributed by atoms with Gasteiger partial charge in [-0.05, 0) is 29.0 Å². The van der Waals surface area contributed by atoms with Crippen LogP contribution in [0.4, 0.5) is 5.69 Å². The monoisotopic (exact) mass is 315 g/mol. The smallest absolute Gasteiger partial charge is 0.258 e. The molecular formula is C14H10ClN5O2. The third-order valence-corrected chi connectivity index (χ3v) is 3.43. The summed E-state index contributed by atoms with van der Waals surface area (Å²) in [6.07, 6.45) is 0. The van der Waals surface area contributed by atoms with E-state index in [0.717, 1.165) is 5.56 Å². The van der Waals surface area contributed by atoms with Crippen LogP contribution < -0.4 is 0 Å². The number of hydrogen-bond acceptors (Lipinski definition) is 5. The van der Waals surface area contributed by atoms with E-state index in [2.05, 4.69) is 15.4 Å². The molecule has 0 radical (unpaired) electrons. The zero-order chi connectivity index (χ0) is 15.5. The van der Waals surface area contributed by atoms with Gasteiger partial charge in [-0.15, -0.1) is 10.2 Å². The van der Waals surface area contributed by atoms with E-state index in [4.69, 9.17) is 11.6 Å². The Labute approximate surface area is 130 Å². The van der Waals surface area contributed by atoms with Crippen LogP contribution in [0.25, 0.3) is 11.4 Å². The normalized spacial score (nSPS) is 10.6. The summed E-state index contributed by atoms with van der Waals surface area (Å²) in [6, 6.07) is 13.4. The Hall–Kier alpha value is -2.80. The summed E-state index contributed by atoms with van der Waals surface area (Å²) < 4.78 is 0. The van der Waals surface area contributed by atoms with Crippen LogP contribution in [0.2, 0.25) is 5.02 Å². The van der Waals surface area contributed by atoms with E-state index in [1.54, 1.807) is 18.2 Å². The van der Waals surface area contributed by atoms with Crippen molar-refractivity contribution in [2.24, 2.45) is 0 Å². The summed E-state index contributed by atoms with van der Waals surface area (Å²) in [6.45, 7) is 0.402. The Bertz CT molecular complexity index is 816. The van der Waals surface area contributed by atoms with Crippen molar-refractivity contribution in [3.8, 4) is 11.4 Å². The van der Waals surface area contributed by atoms with Crippen molar-refractivity contribution in [1.29, 1.82) is 0 Å². The van der Waals surface area contributed by atoms with Gasteiger partial charge < -0.3 is 0 Å². The van der Waals surface area contributed by atoms with E-state index in [1.807, 2.05) is 18.2 Å². The summed E-state index contributed by atoms with van der Waals surface area (Å²) in [5.41, 5.74) is 1.57. The van der Waals surface area contributed by atoms with Crippen LogP contribution in [0.15, 0.2) is 48.5 Å². The molecule has 0 saturated heterocycles. The third-order valence-electron chi connectivity index (χ3n) is 3.06. The fraction of sp³-hybridized carbons (Fsp3) is 0.0714. The van der Waals surface area contributed by atoms with Gasteiger partial charge in [0.15, 0.2) is 0 Å². The lowest BCUT2D eigenvalue weighted by molar-refractivity contribution is -0.384. The molecule has 1 aromatic heterocycles. The minimum absolute atomic E-state index is 0.0206. The van der Waals surface area contributed by atoms with Gasteiger partial charge in [0.1, 0.15) is 0 Å². The quantitative estimate of drug-likeness (QED) is 0.545. The van der Waals surface area contributed by atoms with Gasteiger partial charge in [-0.25, -0.2) is 0 Å². The number of hydrogen-bond donors (Lipinski definition) is 0. The van der Waals surface area contributed by atoms with E-state index < -0.39 is 4.92 Å². The Kier molecular flexibility index (Phi) is 3.80. The van der Waals surface area contributed by atoms with Crippen LogP contribution in [0.5, 0.6) is 0 Å². The van der Waals surface area contributed by atoms with E-state index >= 15 is 0 Å². The molecule has 0 amide bonds. The Balaban J connectivity index is 1.81. The molecule has 3 rings (SSSR count). The van der Waals surface area contributed by atoms with Crippen molar-refractivity contribution in [2.75, 3.05) is 0 Å². The van der Waals surface area contributed by atoms with Crippen molar-refractivity contribution in [1.82, 2.24) is 20.2 Å². The minimum Gasteiger partial charge on any atom is -0.258 e. The molecule has 0 N–H and O–H groups in total. The molecule has 110 valence electrons. The lowest BCUT2D eigenvalue weighted by Gasteiger charge is -2.01. The fourth-order valence-electron chi connectivity index (χ4n) is 1.94. The van der Waals surface area contributed by atoms with E-state index in [1.165, 1.54) is 16.9 Å². The molecule has 0 bridgehead atoms. The molecule has 0 fully saturated rings. The zero-order valence-electron chi connectivity index (χ0n) is 11.3. The summed E-state index contributed by atoms with van der Waals surface area (Å²) in [5, 5.41) is 23.5. The summed E-state index contributed by atoms with van der Waals surface area (Å²) in [4.78, 5) is 11.6. The number of rotatable bonds is 4. The van der Waals surface area contributed by atoms with E-state index in [9.17, 15) is 10.1 Å². The van der Waals surface area contributed by atoms with Gasteiger partial charge in [0, 0.05) is 22.7 Å². The summed E-state index contributed by atoms with van der Waals surface area (Å²) in [7, 11) is 0. The zero-order valence-corrected chi connectivity index (χ0v) is 12.0. The average Bonchev–Trinajstić information content (AvgIpc) is 2.98. The van der Waals surface area contributed by atoms with Crippen molar-refractivity contribution >= 4 is 17.3 Å². The van der Waals surface area contributed by atoms with E-state index in [0.29, 0.717) is 23.0 Å². The molecule has 0 spiro atoms. The average molecular weight is 316 g/mol. The molecule has 3 aromatic rings. The van der Waals surface area contributed by atoms with Crippen LogP contribution in [0, 0.1) is 10.1 Å². The van der Waals surface area contributed by atoms with Crippen molar-refractivity contribution in [3.05, 3.63) is 69.2 Å². The van der Waals surface area contributed by atoms with Crippen molar-refractivity contribution in [2.45, 2.75) is 6.54 Å². The summed E-state index contributed by atoms with van der Waals surface area (Å²) in [5.74, 6) is 0.405. The van der Waals surface area contributed by atoms with Crippen LogP contribution in [0.3, 0.4) is 0 Å². The number of halogens is 1. The van der Waals surface area contributed by atoms with Gasteiger partial charge in [-0.1, -0.05) is 29.8 Å². The summed E-state index contributed by atoms with van der Waals surface area (Å²) >= 11 is 6.09. The first-order valence-electron chi connectivity index (χ1n) is 6.39. The molecule has 8 heteroatoms. The number of tetrazole rings is 1. The molecular weight excluding hydrogens is 306 g/mol. The molecule has 0 aliphatic carbocycles. The van der Waals surface area contributed by atoms with Crippen LogP contribution in [0.1, 0.15) is 5.56 Å². The lowest BCUT2D eigenvalue weighted by Crippen LogP contribution is -2.04. The Morgan fingerprint density at radius 2 is 1.86 bits per heavy atom. The van der Waals surface area contributed by atoms with Gasteiger partial charge in [0.05, 0.1) is 11.5 Å². The molecule has 0 aliphatic heterocycles. The lowest BCUT2D eigenvalue weighted by atomic mass is 10.2. The maximum absolute atomic E-state index is 10.6. The minimum atomic E-state index is -0.453. The number of benzene rings is 2. The van der Waals surface area contributed by atoms with Gasteiger partial charge in [-0.3, -0.25) is 10.1 Å². The predicted octanol–water partition coefficient (Wildman–Crippen LogP) is 2.95. The molecule has 1 heterocycles.